The van der Waals surface area contributed by atoms with E-state index in [0.717, 1.165) is 10.7 Å². The summed E-state index contributed by atoms with van der Waals surface area (Å²) in [6.07, 6.45) is 0. The minimum Gasteiger partial charge on any atom is -0.378 e. The molecular weight excluding hydrogens is 184 g/mol. The largest absolute Gasteiger partial charge is 0.378 e. The van der Waals surface area contributed by atoms with Gasteiger partial charge in [-0.1, -0.05) is 13.8 Å². The third-order valence-electron chi connectivity index (χ3n) is 1.77. The van der Waals surface area contributed by atoms with E-state index in [1.165, 1.54) is 4.88 Å². The zero-order valence-electron chi connectivity index (χ0n) is 8.33. The maximum absolute atomic E-state index is 5.63. The average Bonchev–Trinajstić information content (AvgIpc) is 2.48. The van der Waals surface area contributed by atoms with Crippen molar-refractivity contribution in [3.8, 4) is 0 Å². The van der Waals surface area contributed by atoms with Crippen LogP contribution in [0.2, 0.25) is 0 Å². The molecule has 4 heteroatoms. The summed E-state index contributed by atoms with van der Waals surface area (Å²) in [7, 11) is 1.68. The van der Waals surface area contributed by atoms with Gasteiger partial charge in [0.15, 0.2) is 0 Å². The number of thiazole rings is 1. The molecule has 1 aromatic heterocycles. The van der Waals surface area contributed by atoms with Gasteiger partial charge in [0.05, 0.1) is 12.3 Å². The van der Waals surface area contributed by atoms with Gasteiger partial charge in [-0.3, -0.25) is 0 Å². The minimum absolute atomic E-state index is 0.445. The van der Waals surface area contributed by atoms with Gasteiger partial charge in [0, 0.05) is 18.5 Å². The minimum atomic E-state index is 0.445. The number of nitrogens with zero attached hydrogens (tertiary/aromatic N) is 1. The van der Waals surface area contributed by atoms with E-state index in [4.69, 9.17) is 10.5 Å². The van der Waals surface area contributed by atoms with Crippen LogP contribution in [0.25, 0.3) is 0 Å². The lowest BCUT2D eigenvalue weighted by atomic mass is 10.1. The topological polar surface area (TPSA) is 48.1 Å². The molecule has 0 aliphatic rings. The summed E-state index contributed by atoms with van der Waals surface area (Å²) in [6.45, 7) is 5.43. The van der Waals surface area contributed by atoms with E-state index in [-0.39, 0.29) is 0 Å². The second-order valence-electron chi connectivity index (χ2n) is 3.21. The second kappa shape index (κ2) is 4.69. The molecule has 74 valence electrons. The number of methoxy groups -OCH3 is 1. The van der Waals surface area contributed by atoms with Crippen LogP contribution >= 0.6 is 11.3 Å². The maximum Gasteiger partial charge on any atom is 0.119 e. The van der Waals surface area contributed by atoms with Crippen molar-refractivity contribution in [3.63, 3.8) is 0 Å². The Bertz CT molecular complexity index is 271. The average molecular weight is 200 g/mol. The number of hydrogen-bond donors (Lipinski definition) is 1. The third kappa shape index (κ3) is 2.49. The fourth-order valence-corrected chi connectivity index (χ4v) is 2.27. The predicted octanol–water partition coefficient (Wildman–Crippen LogP) is 1.87. The molecule has 0 unspecified atom stereocenters. The van der Waals surface area contributed by atoms with Gasteiger partial charge in [-0.2, -0.15) is 0 Å². The Morgan fingerprint density at radius 1 is 1.54 bits per heavy atom. The van der Waals surface area contributed by atoms with Gasteiger partial charge in [-0.15, -0.1) is 11.3 Å². The lowest BCUT2D eigenvalue weighted by Gasteiger charge is -2.01. The molecule has 0 saturated heterocycles. The first-order chi connectivity index (χ1) is 6.19. The molecule has 0 saturated carbocycles. The lowest BCUT2D eigenvalue weighted by Crippen LogP contribution is -1.99. The van der Waals surface area contributed by atoms with Crippen LogP contribution in [0.1, 0.15) is 35.3 Å². The molecule has 0 aromatic carbocycles. The van der Waals surface area contributed by atoms with Gasteiger partial charge in [0.25, 0.3) is 0 Å². The summed E-state index contributed by atoms with van der Waals surface area (Å²) in [5.41, 5.74) is 6.75. The Labute approximate surface area is 82.9 Å². The van der Waals surface area contributed by atoms with Crippen LogP contribution in [0.3, 0.4) is 0 Å². The highest BCUT2D eigenvalue weighted by atomic mass is 32.1. The normalized spacial score (nSPS) is 11.2. The predicted molar refractivity (Wildman–Crippen MR) is 54.8 cm³/mol. The Morgan fingerprint density at radius 3 is 2.62 bits per heavy atom. The first kappa shape index (κ1) is 10.6. The molecule has 3 nitrogen and oxygen atoms in total. The van der Waals surface area contributed by atoms with Gasteiger partial charge in [-0.05, 0) is 5.92 Å². The van der Waals surface area contributed by atoms with E-state index in [1.54, 1.807) is 18.4 Å². The summed E-state index contributed by atoms with van der Waals surface area (Å²) in [6, 6.07) is 0. The zero-order valence-corrected chi connectivity index (χ0v) is 9.15. The van der Waals surface area contributed by atoms with Crippen molar-refractivity contribution >= 4 is 11.3 Å². The quantitative estimate of drug-likeness (QED) is 0.807. The molecule has 0 amide bonds. The highest BCUT2D eigenvalue weighted by Gasteiger charge is 2.12. The molecule has 0 aliphatic carbocycles. The molecule has 0 radical (unpaired) electrons. The molecular formula is C9H16N2OS. The highest BCUT2D eigenvalue weighted by Crippen LogP contribution is 2.24. The molecule has 2 N–H and O–H groups in total. The number of aromatic nitrogens is 1. The first-order valence-corrected chi connectivity index (χ1v) is 5.18. The molecule has 0 aliphatic heterocycles. The molecule has 0 atom stereocenters. The summed E-state index contributed by atoms with van der Waals surface area (Å²) in [5, 5.41) is 1.02. The van der Waals surface area contributed by atoms with Gasteiger partial charge in [0.1, 0.15) is 5.01 Å². The van der Waals surface area contributed by atoms with E-state index >= 15 is 0 Å². The fourth-order valence-electron chi connectivity index (χ4n) is 1.20. The van der Waals surface area contributed by atoms with E-state index < -0.39 is 0 Å². The first-order valence-electron chi connectivity index (χ1n) is 4.36. The smallest absolute Gasteiger partial charge is 0.119 e. The van der Waals surface area contributed by atoms with Crippen LogP contribution in [0, 0.1) is 0 Å². The van der Waals surface area contributed by atoms with Crippen LogP contribution in [0.5, 0.6) is 0 Å². The summed E-state index contributed by atoms with van der Waals surface area (Å²) >= 11 is 1.65. The Kier molecular flexibility index (Phi) is 3.84. The van der Waals surface area contributed by atoms with Crippen molar-refractivity contribution in [1.82, 2.24) is 4.98 Å². The monoisotopic (exact) mass is 200 g/mol. The SMILES string of the molecule is COCc1nc(C(C)C)c(CN)s1. The van der Waals surface area contributed by atoms with Crippen LogP contribution in [0.4, 0.5) is 0 Å². The molecule has 1 aromatic rings. The molecule has 1 rings (SSSR count). The van der Waals surface area contributed by atoms with Crippen molar-refractivity contribution in [2.45, 2.75) is 32.9 Å². The van der Waals surface area contributed by atoms with E-state index in [1.807, 2.05) is 0 Å². The lowest BCUT2D eigenvalue weighted by molar-refractivity contribution is 0.184. The highest BCUT2D eigenvalue weighted by molar-refractivity contribution is 7.11. The van der Waals surface area contributed by atoms with Crippen molar-refractivity contribution in [2.24, 2.45) is 5.73 Å². The maximum atomic E-state index is 5.63. The van der Waals surface area contributed by atoms with E-state index in [9.17, 15) is 0 Å². The third-order valence-corrected chi connectivity index (χ3v) is 2.84. The van der Waals surface area contributed by atoms with Crippen LogP contribution in [0.15, 0.2) is 0 Å². The summed E-state index contributed by atoms with van der Waals surface area (Å²) in [5.74, 6) is 0.445. The molecule has 13 heavy (non-hydrogen) atoms. The molecule has 0 fully saturated rings. The Morgan fingerprint density at radius 2 is 2.23 bits per heavy atom. The number of rotatable bonds is 4. The van der Waals surface area contributed by atoms with Crippen LogP contribution in [-0.2, 0) is 17.9 Å². The Hall–Kier alpha value is -0.450. The molecule has 0 spiro atoms. The van der Waals surface area contributed by atoms with Crippen molar-refractivity contribution in [3.05, 3.63) is 15.6 Å². The van der Waals surface area contributed by atoms with Gasteiger partial charge in [0.2, 0.25) is 0 Å². The second-order valence-corrected chi connectivity index (χ2v) is 4.38. The van der Waals surface area contributed by atoms with Crippen molar-refractivity contribution < 1.29 is 4.74 Å². The van der Waals surface area contributed by atoms with Crippen molar-refractivity contribution in [2.75, 3.05) is 7.11 Å². The fraction of sp³-hybridized carbons (Fsp3) is 0.667. The Balaban J connectivity index is 2.90. The molecule has 0 bridgehead atoms. The number of hydrogen-bond acceptors (Lipinski definition) is 4. The van der Waals surface area contributed by atoms with E-state index in [0.29, 0.717) is 19.1 Å². The van der Waals surface area contributed by atoms with Crippen LogP contribution in [-0.4, -0.2) is 12.1 Å². The zero-order chi connectivity index (χ0) is 9.84. The summed E-state index contributed by atoms with van der Waals surface area (Å²) in [4.78, 5) is 5.67. The van der Waals surface area contributed by atoms with Gasteiger partial charge < -0.3 is 10.5 Å². The summed E-state index contributed by atoms with van der Waals surface area (Å²) < 4.78 is 5.03. The van der Waals surface area contributed by atoms with Gasteiger partial charge in [-0.25, -0.2) is 4.98 Å². The van der Waals surface area contributed by atoms with Crippen molar-refractivity contribution in [1.29, 1.82) is 0 Å². The van der Waals surface area contributed by atoms with E-state index in [2.05, 4.69) is 18.8 Å². The van der Waals surface area contributed by atoms with Gasteiger partial charge >= 0.3 is 0 Å². The van der Waals surface area contributed by atoms with Crippen LogP contribution < -0.4 is 5.73 Å². The number of nitrogens with two attached hydrogens (primary N) is 1. The molecule has 1 heterocycles. The standard InChI is InChI=1S/C9H16N2OS/c1-6(2)9-7(4-10)13-8(11-9)5-12-3/h6H,4-5,10H2,1-3H3. The number of ether oxygens (including phenoxy) is 1.